The van der Waals surface area contributed by atoms with Crippen LogP contribution in [0, 0.1) is 11.8 Å². The Morgan fingerprint density at radius 3 is 1.50 bits per heavy atom. The highest BCUT2D eigenvalue weighted by molar-refractivity contribution is 5.68. The van der Waals surface area contributed by atoms with E-state index >= 15 is 0 Å². The van der Waals surface area contributed by atoms with E-state index in [1.807, 2.05) is 20.8 Å². The van der Waals surface area contributed by atoms with Crippen LogP contribution in [0.4, 0.5) is 14.4 Å². The summed E-state index contributed by atoms with van der Waals surface area (Å²) in [5, 5.41) is 16.7. The second kappa shape index (κ2) is 14.6. The topological polar surface area (TPSA) is 126 Å². The summed E-state index contributed by atoms with van der Waals surface area (Å²) >= 11 is 0. The van der Waals surface area contributed by atoms with Gasteiger partial charge in [-0.25, -0.2) is 14.4 Å². The van der Waals surface area contributed by atoms with Crippen LogP contribution in [0.3, 0.4) is 0 Å². The van der Waals surface area contributed by atoms with Gasteiger partial charge in [0, 0.05) is 19.6 Å². The molecular weight excluding hydrogens is 414 g/mol. The maximum atomic E-state index is 11.8. The molecule has 0 fully saturated rings. The fourth-order valence-electron chi connectivity index (χ4n) is 2.80. The number of carbonyl (C=O) groups is 3. The van der Waals surface area contributed by atoms with E-state index in [4.69, 9.17) is 14.6 Å². The lowest BCUT2D eigenvalue weighted by molar-refractivity contribution is 0.0513. The molecule has 4 N–H and O–H groups in total. The number of rotatable bonds is 12. The molecule has 0 radical (unpaired) electrons. The summed E-state index contributed by atoms with van der Waals surface area (Å²) in [4.78, 5) is 34.3. The third kappa shape index (κ3) is 18.3. The third-order valence-corrected chi connectivity index (χ3v) is 4.34. The van der Waals surface area contributed by atoms with Crippen molar-refractivity contribution in [2.75, 3.05) is 19.6 Å². The average molecular weight is 458 g/mol. The molecule has 2 atom stereocenters. The first-order valence-electron chi connectivity index (χ1n) is 11.3. The zero-order valence-electron chi connectivity index (χ0n) is 20.7. The van der Waals surface area contributed by atoms with Gasteiger partial charge >= 0.3 is 18.3 Å². The van der Waals surface area contributed by atoms with Crippen LogP contribution in [0.5, 0.6) is 0 Å². The normalized spacial score (nSPS) is 13.8. The van der Waals surface area contributed by atoms with Crippen molar-refractivity contribution in [3.63, 3.8) is 0 Å². The molecule has 0 heterocycles. The molecule has 0 aliphatic rings. The number of allylic oxidation sites excluding steroid dienone is 2. The van der Waals surface area contributed by atoms with Crippen molar-refractivity contribution in [2.45, 2.75) is 85.4 Å². The van der Waals surface area contributed by atoms with E-state index in [0.29, 0.717) is 32.5 Å². The van der Waals surface area contributed by atoms with Crippen molar-refractivity contribution in [1.82, 2.24) is 16.0 Å². The standard InChI is InChI=1S/C23H43N3O6/c1-8-17(11-15-25-20(29)31-22(2,3)4)9-10-18(12-14-24-19(27)28)13-16-26-21(30)32-23(5,6)7/h9-10,17-18,24H,8,11-16H2,1-7H3,(H,25,29)(H,26,30)(H,27,28). The summed E-state index contributed by atoms with van der Waals surface area (Å²) in [6.45, 7) is 14.2. The maximum Gasteiger partial charge on any atom is 0.407 e. The van der Waals surface area contributed by atoms with E-state index in [2.05, 4.69) is 35.0 Å². The second-order valence-corrected chi connectivity index (χ2v) is 9.77. The summed E-state index contributed by atoms with van der Waals surface area (Å²) in [7, 11) is 0. The van der Waals surface area contributed by atoms with Crippen LogP contribution < -0.4 is 16.0 Å². The maximum absolute atomic E-state index is 11.8. The number of hydrogen-bond acceptors (Lipinski definition) is 5. The summed E-state index contributed by atoms with van der Waals surface area (Å²) in [6, 6.07) is 0. The van der Waals surface area contributed by atoms with Gasteiger partial charge in [-0.3, -0.25) is 0 Å². The second-order valence-electron chi connectivity index (χ2n) is 9.77. The zero-order chi connectivity index (χ0) is 24.8. The number of nitrogens with one attached hydrogen (secondary N) is 3. The van der Waals surface area contributed by atoms with Crippen LogP contribution in [-0.2, 0) is 9.47 Å². The van der Waals surface area contributed by atoms with Crippen molar-refractivity contribution >= 4 is 18.3 Å². The van der Waals surface area contributed by atoms with Gasteiger partial charge in [-0.05, 0) is 79.1 Å². The van der Waals surface area contributed by atoms with E-state index in [9.17, 15) is 14.4 Å². The lowest BCUT2D eigenvalue weighted by Gasteiger charge is -2.21. The first-order chi connectivity index (χ1) is 14.7. The molecule has 0 rings (SSSR count). The average Bonchev–Trinajstić information content (AvgIpc) is 2.60. The van der Waals surface area contributed by atoms with Crippen LogP contribution in [0.1, 0.15) is 74.1 Å². The largest absolute Gasteiger partial charge is 0.465 e. The molecule has 9 nitrogen and oxygen atoms in total. The van der Waals surface area contributed by atoms with E-state index in [1.165, 1.54) is 0 Å². The molecule has 3 amide bonds. The number of alkyl carbamates (subject to hydrolysis) is 2. The van der Waals surface area contributed by atoms with Crippen molar-refractivity contribution in [3.8, 4) is 0 Å². The van der Waals surface area contributed by atoms with Crippen LogP contribution in [0.25, 0.3) is 0 Å². The highest BCUT2D eigenvalue weighted by Gasteiger charge is 2.17. The molecule has 0 saturated carbocycles. The van der Waals surface area contributed by atoms with Crippen molar-refractivity contribution in [2.24, 2.45) is 11.8 Å². The van der Waals surface area contributed by atoms with Gasteiger partial charge in [0.15, 0.2) is 0 Å². The SMILES string of the molecule is CCC(C=CC(CCNC(=O)O)CCNC(=O)OC(C)(C)C)CCNC(=O)OC(C)(C)C. The Bertz CT molecular complexity index is 608. The smallest absolute Gasteiger partial charge is 0.407 e. The van der Waals surface area contributed by atoms with E-state index < -0.39 is 29.5 Å². The molecule has 186 valence electrons. The molecule has 0 aliphatic carbocycles. The minimum absolute atomic E-state index is 0.0876. The molecule has 0 spiro atoms. The molecule has 9 heteroatoms. The quantitative estimate of drug-likeness (QED) is 0.315. The summed E-state index contributed by atoms with van der Waals surface area (Å²) < 4.78 is 10.5. The highest BCUT2D eigenvalue weighted by Crippen LogP contribution is 2.16. The molecule has 0 aromatic heterocycles. The molecule has 0 bridgehead atoms. The Labute approximate surface area is 192 Å². The van der Waals surface area contributed by atoms with Gasteiger partial charge in [0.1, 0.15) is 11.2 Å². The Balaban J connectivity index is 4.67. The Hall–Kier alpha value is -2.45. The van der Waals surface area contributed by atoms with Gasteiger partial charge in [0.25, 0.3) is 0 Å². The van der Waals surface area contributed by atoms with Gasteiger partial charge in [-0.1, -0.05) is 19.1 Å². The van der Waals surface area contributed by atoms with Crippen LogP contribution in [0.15, 0.2) is 12.2 Å². The predicted molar refractivity (Wildman–Crippen MR) is 125 cm³/mol. The first kappa shape index (κ1) is 29.5. The van der Waals surface area contributed by atoms with Crippen molar-refractivity contribution in [3.05, 3.63) is 12.2 Å². The van der Waals surface area contributed by atoms with E-state index in [-0.39, 0.29) is 11.8 Å². The molecule has 32 heavy (non-hydrogen) atoms. The minimum Gasteiger partial charge on any atom is -0.465 e. The number of carbonyl (C=O) groups excluding carboxylic acids is 2. The van der Waals surface area contributed by atoms with Crippen molar-refractivity contribution in [1.29, 1.82) is 0 Å². The summed E-state index contributed by atoms with van der Waals surface area (Å²) in [5.74, 6) is 0.350. The number of carboxylic acid groups (broad SMARTS) is 1. The highest BCUT2D eigenvalue weighted by atomic mass is 16.6. The minimum atomic E-state index is -1.06. The van der Waals surface area contributed by atoms with Crippen molar-refractivity contribution < 1.29 is 29.0 Å². The fraction of sp³-hybridized carbons (Fsp3) is 0.783. The van der Waals surface area contributed by atoms with Crippen LogP contribution >= 0.6 is 0 Å². The van der Waals surface area contributed by atoms with Gasteiger partial charge < -0.3 is 30.5 Å². The molecule has 0 aromatic rings. The van der Waals surface area contributed by atoms with E-state index in [0.717, 1.165) is 12.8 Å². The molecule has 0 aliphatic heterocycles. The van der Waals surface area contributed by atoms with Gasteiger partial charge in [0.2, 0.25) is 0 Å². The fourth-order valence-corrected chi connectivity index (χ4v) is 2.80. The first-order valence-corrected chi connectivity index (χ1v) is 11.3. The molecular formula is C23H43N3O6. The molecule has 2 unspecified atom stereocenters. The number of amides is 3. The van der Waals surface area contributed by atoms with Crippen LogP contribution in [-0.4, -0.2) is 54.2 Å². The van der Waals surface area contributed by atoms with Gasteiger partial charge in [0.05, 0.1) is 0 Å². The predicted octanol–water partition coefficient (Wildman–Crippen LogP) is 4.67. The lowest BCUT2D eigenvalue weighted by atomic mass is 9.95. The Morgan fingerprint density at radius 2 is 1.12 bits per heavy atom. The number of ether oxygens (including phenoxy) is 2. The zero-order valence-corrected chi connectivity index (χ0v) is 20.7. The van der Waals surface area contributed by atoms with Gasteiger partial charge in [-0.2, -0.15) is 0 Å². The van der Waals surface area contributed by atoms with E-state index in [1.54, 1.807) is 20.8 Å². The Morgan fingerprint density at radius 1 is 0.750 bits per heavy atom. The Kier molecular flexibility index (Phi) is 13.5. The summed E-state index contributed by atoms with van der Waals surface area (Å²) in [6.07, 6.45) is 5.17. The lowest BCUT2D eigenvalue weighted by Crippen LogP contribution is -2.33. The number of hydrogen-bond donors (Lipinski definition) is 4. The van der Waals surface area contributed by atoms with Gasteiger partial charge in [-0.15, -0.1) is 0 Å². The monoisotopic (exact) mass is 457 g/mol. The van der Waals surface area contributed by atoms with Crippen LogP contribution in [0.2, 0.25) is 0 Å². The third-order valence-electron chi connectivity index (χ3n) is 4.34. The molecule has 0 saturated heterocycles. The summed E-state index contributed by atoms with van der Waals surface area (Å²) in [5.41, 5.74) is -1.09. The molecule has 0 aromatic carbocycles.